The third kappa shape index (κ3) is 4.31. The molecule has 1 aromatic rings. The zero-order valence-electron chi connectivity index (χ0n) is 17.0. The molecule has 0 spiro atoms. The van der Waals surface area contributed by atoms with Crippen LogP contribution in [0.2, 0.25) is 0 Å². The van der Waals surface area contributed by atoms with Gasteiger partial charge in [0, 0.05) is 19.5 Å². The number of fused-ring (bicyclic) bond motifs is 1. The van der Waals surface area contributed by atoms with E-state index in [1.165, 1.54) is 17.3 Å². The molecule has 2 saturated heterocycles. The Labute approximate surface area is 172 Å². The van der Waals surface area contributed by atoms with Crippen LogP contribution in [0.15, 0.2) is 29.4 Å². The highest BCUT2D eigenvalue weighted by Gasteiger charge is 2.39. The van der Waals surface area contributed by atoms with Gasteiger partial charge in [-0.3, -0.25) is 9.59 Å². The van der Waals surface area contributed by atoms with Crippen molar-refractivity contribution in [2.75, 3.05) is 13.1 Å². The number of nitrogens with zero attached hydrogens (tertiary/aromatic N) is 3. The van der Waals surface area contributed by atoms with Crippen LogP contribution in [-0.4, -0.2) is 58.2 Å². The second-order valence-corrected chi connectivity index (χ2v) is 8.67. The van der Waals surface area contributed by atoms with Gasteiger partial charge in [-0.05, 0) is 68.4 Å². The van der Waals surface area contributed by atoms with E-state index >= 15 is 0 Å². The number of amides is 2. The number of carbonyl (C=O) groups is 2. The fraction of sp³-hybridized carbons (Fsp3) is 0.609. The van der Waals surface area contributed by atoms with Gasteiger partial charge < -0.3 is 15.0 Å². The molecule has 0 aromatic heterocycles. The minimum Gasteiger partial charge on any atom is -0.411 e. The molecule has 2 fully saturated rings. The van der Waals surface area contributed by atoms with Gasteiger partial charge in [-0.15, -0.1) is 0 Å². The first kappa shape index (κ1) is 19.9. The summed E-state index contributed by atoms with van der Waals surface area (Å²) in [6.07, 6.45) is 9.50. The third-order valence-electron chi connectivity index (χ3n) is 6.89. The van der Waals surface area contributed by atoms with Crippen LogP contribution < -0.4 is 0 Å². The first-order chi connectivity index (χ1) is 14.2. The molecule has 0 unspecified atom stereocenters. The lowest BCUT2D eigenvalue weighted by atomic mass is 9.81. The summed E-state index contributed by atoms with van der Waals surface area (Å²) in [5.41, 5.74) is 2.88. The minimum absolute atomic E-state index is 0.0184. The average molecular weight is 398 g/mol. The van der Waals surface area contributed by atoms with E-state index in [1.54, 1.807) is 4.90 Å². The number of hydrogen-bond acceptors (Lipinski definition) is 4. The standard InChI is InChI=1S/C23H31N3O3/c27-22(12-10-17-9-11-18-5-1-2-6-19(18)15-17)26-14-4-8-21(26)23(28)25-13-3-7-20(25)16-24-29/h1-2,5-6,16-17,20-21,29H,3-4,7-15H2/t17-,20-,21+/m0/s1. The summed E-state index contributed by atoms with van der Waals surface area (Å²) in [5.74, 6) is 0.686. The summed E-state index contributed by atoms with van der Waals surface area (Å²) in [6.45, 7) is 1.35. The van der Waals surface area contributed by atoms with E-state index in [-0.39, 0.29) is 23.9 Å². The molecule has 1 N–H and O–H groups in total. The van der Waals surface area contributed by atoms with Crippen molar-refractivity contribution >= 4 is 18.0 Å². The van der Waals surface area contributed by atoms with Crippen molar-refractivity contribution < 1.29 is 14.8 Å². The number of aryl methyl sites for hydroxylation is 1. The second kappa shape index (κ2) is 8.97. The first-order valence-corrected chi connectivity index (χ1v) is 11.0. The molecule has 2 heterocycles. The van der Waals surface area contributed by atoms with Crippen LogP contribution in [0.25, 0.3) is 0 Å². The SMILES string of the molecule is O=C([C@H]1CCCN1C(=O)CC[C@@H]1CCc2ccccc2C1)N1CCC[C@H]1C=NO. The summed E-state index contributed by atoms with van der Waals surface area (Å²) >= 11 is 0. The van der Waals surface area contributed by atoms with Crippen molar-refractivity contribution in [3.63, 3.8) is 0 Å². The first-order valence-electron chi connectivity index (χ1n) is 11.0. The Morgan fingerprint density at radius 2 is 1.83 bits per heavy atom. The Morgan fingerprint density at radius 3 is 2.66 bits per heavy atom. The maximum absolute atomic E-state index is 13.1. The normalized spacial score (nSPS) is 26.8. The van der Waals surface area contributed by atoms with E-state index in [0.29, 0.717) is 25.4 Å². The van der Waals surface area contributed by atoms with Crippen LogP contribution in [0.4, 0.5) is 0 Å². The van der Waals surface area contributed by atoms with Gasteiger partial charge in [0.15, 0.2) is 0 Å². The van der Waals surface area contributed by atoms with Crippen molar-refractivity contribution in [3.8, 4) is 0 Å². The van der Waals surface area contributed by atoms with E-state index < -0.39 is 0 Å². The molecule has 29 heavy (non-hydrogen) atoms. The summed E-state index contributed by atoms with van der Waals surface area (Å²) in [6, 6.07) is 8.13. The molecule has 1 aliphatic carbocycles. The lowest BCUT2D eigenvalue weighted by Gasteiger charge is -2.31. The summed E-state index contributed by atoms with van der Waals surface area (Å²) in [7, 11) is 0. The van der Waals surface area contributed by atoms with Gasteiger partial charge in [-0.1, -0.05) is 29.4 Å². The van der Waals surface area contributed by atoms with Gasteiger partial charge in [0.2, 0.25) is 11.8 Å². The van der Waals surface area contributed by atoms with Crippen LogP contribution in [0.1, 0.15) is 56.1 Å². The Morgan fingerprint density at radius 1 is 1.07 bits per heavy atom. The van der Waals surface area contributed by atoms with Gasteiger partial charge in [0.1, 0.15) is 6.04 Å². The second-order valence-electron chi connectivity index (χ2n) is 8.67. The fourth-order valence-corrected chi connectivity index (χ4v) is 5.30. The average Bonchev–Trinajstić information content (AvgIpc) is 3.41. The zero-order chi connectivity index (χ0) is 20.2. The summed E-state index contributed by atoms with van der Waals surface area (Å²) < 4.78 is 0. The maximum Gasteiger partial charge on any atom is 0.245 e. The van der Waals surface area contributed by atoms with Crippen molar-refractivity contribution in [2.45, 2.75) is 69.9 Å². The van der Waals surface area contributed by atoms with Crippen molar-refractivity contribution in [1.29, 1.82) is 0 Å². The highest BCUT2D eigenvalue weighted by atomic mass is 16.4. The molecule has 3 aliphatic rings. The number of hydrogen-bond donors (Lipinski definition) is 1. The largest absolute Gasteiger partial charge is 0.411 e. The van der Waals surface area contributed by atoms with Crippen LogP contribution >= 0.6 is 0 Å². The van der Waals surface area contributed by atoms with E-state index in [1.807, 2.05) is 4.90 Å². The molecule has 0 radical (unpaired) electrons. The lowest BCUT2D eigenvalue weighted by Crippen LogP contribution is -2.49. The van der Waals surface area contributed by atoms with Crippen LogP contribution in [0.3, 0.4) is 0 Å². The van der Waals surface area contributed by atoms with Gasteiger partial charge in [0.05, 0.1) is 12.3 Å². The molecule has 1 aromatic carbocycles. The summed E-state index contributed by atoms with van der Waals surface area (Å²) in [5, 5.41) is 12.0. The van der Waals surface area contributed by atoms with Gasteiger partial charge in [-0.25, -0.2) is 0 Å². The van der Waals surface area contributed by atoms with E-state index in [9.17, 15) is 9.59 Å². The van der Waals surface area contributed by atoms with Crippen molar-refractivity contribution in [2.24, 2.45) is 11.1 Å². The molecular formula is C23H31N3O3. The minimum atomic E-state index is -0.345. The molecule has 6 heteroatoms. The molecule has 4 rings (SSSR count). The molecule has 6 nitrogen and oxygen atoms in total. The Bertz CT molecular complexity index is 778. The number of likely N-dealkylation sites (tertiary alicyclic amines) is 2. The van der Waals surface area contributed by atoms with Crippen LogP contribution in [-0.2, 0) is 22.4 Å². The number of rotatable bonds is 5. The zero-order valence-corrected chi connectivity index (χ0v) is 17.0. The smallest absolute Gasteiger partial charge is 0.245 e. The topological polar surface area (TPSA) is 73.2 Å². The highest BCUT2D eigenvalue weighted by Crippen LogP contribution is 2.30. The van der Waals surface area contributed by atoms with Crippen LogP contribution in [0.5, 0.6) is 0 Å². The monoisotopic (exact) mass is 397 g/mol. The van der Waals surface area contributed by atoms with Gasteiger partial charge >= 0.3 is 0 Å². The van der Waals surface area contributed by atoms with E-state index in [2.05, 4.69) is 29.4 Å². The Hall–Kier alpha value is -2.37. The number of carbonyl (C=O) groups excluding carboxylic acids is 2. The highest BCUT2D eigenvalue weighted by molar-refractivity contribution is 5.90. The predicted molar refractivity (Wildman–Crippen MR) is 111 cm³/mol. The van der Waals surface area contributed by atoms with Crippen molar-refractivity contribution in [1.82, 2.24) is 9.80 Å². The molecule has 2 aliphatic heterocycles. The molecular weight excluding hydrogens is 366 g/mol. The Kier molecular flexibility index (Phi) is 6.16. The number of benzene rings is 1. The van der Waals surface area contributed by atoms with Gasteiger partial charge in [0.25, 0.3) is 0 Å². The molecule has 2 amide bonds. The molecule has 0 saturated carbocycles. The quantitative estimate of drug-likeness (QED) is 0.472. The van der Waals surface area contributed by atoms with Gasteiger partial charge in [-0.2, -0.15) is 0 Å². The lowest BCUT2D eigenvalue weighted by molar-refractivity contribution is -0.143. The van der Waals surface area contributed by atoms with Crippen LogP contribution in [0, 0.1) is 5.92 Å². The predicted octanol–water partition coefficient (Wildman–Crippen LogP) is 3.01. The fourth-order valence-electron chi connectivity index (χ4n) is 5.30. The number of oxime groups is 1. The van der Waals surface area contributed by atoms with E-state index in [0.717, 1.165) is 51.4 Å². The Balaban J connectivity index is 1.33. The third-order valence-corrected chi connectivity index (χ3v) is 6.89. The summed E-state index contributed by atoms with van der Waals surface area (Å²) in [4.78, 5) is 29.6. The van der Waals surface area contributed by atoms with E-state index in [4.69, 9.17) is 5.21 Å². The van der Waals surface area contributed by atoms with Crippen molar-refractivity contribution in [3.05, 3.63) is 35.4 Å². The molecule has 3 atom stereocenters. The molecule has 0 bridgehead atoms. The maximum atomic E-state index is 13.1. The molecule has 156 valence electrons.